The number of benzene rings is 1. The van der Waals surface area contributed by atoms with E-state index >= 15 is 0 Å². The summed E-state index contributed by atoms with van der Waals surface area (Å²) in [5, 5.41) is 0. The van der Waals surface area contributed by atoms with Crippen molar-refractivity contribution in [1.82, 2.24) is 9.55 Å². The first-order valence-corrected chi connectivity index (χ1v) is 6.37. The van der Waals surface area contributed by atoms with Crippen molar-refractivity contribution < 1.29 is 4.74 Å². The molecular formula is C15H21N3O. The summed E-state index contributed by atoms with van der Waals surface area (Å²) in [7, 11) is 3.67. The van der Waals surface area contributed by atoms with Gasteiger partial charge in [-0.25, -0.2) is 4.98 Å². The molecule has 1 aromatic heterocycles. The zero-order valence-corrected chi connectivity index (χ0v) is 12.2. The summed E-state index contributed by atoms with van der Waals surface area (Å²) >= 11 is 0. The van der Waals surface area contributed by atoms with Crippen LogP contribution in [0.1, 0.15) is 22.6 Å². The van der Waals surface area contributed by atoms with Crippen LogP contribution in [0, 0.1) is 20.8 Å². The average Bonchev–Trinajstić information content (AvgIpc) is 2.68. The summed E-state index contributed by atoms with van der Waals surface area (Å²) in [4.78, 5) is 4.63. The van der Waals surface area contributed by atoms with Gasteiger partial charge >= 0.3 is 0 Å². The van der Waals surface area contributed by atoms with Crippen LogP contribution in [0.4, 0.5) is 0 Å². The minimum Gasteiger partial charge on any atom is -0.496 e. The Morgan fingerprint density at radius 1 is 1.21 bits per heavy atom. The third kappa shape index (κ3) is 2.24. The molecule has 0 fully saturated rings. The molecule has 102 valence electrons. The lowest BCUT2D eigenvalue weighted by molar-refractivity contribution is 0.416. The van der Waals surface area contributed by atoms with Crippen LogP contribution in [0.25, 0.3) is 11.3 Å². The van der Waals surface area contributed by atoms with Crippen molar-refractivity contribution in [2.75, 3.05) is 7.11 Å². The van der Waals surface area contributed by atoms with Gasteiger partial charge in [0.05, 0.1) is 18.5 Å². The first-order chi connectivity index (χ1) is 8.99. The van der Waals surface area contributed by atoms with Gasteiger partial charge in [0, 0.05) is 19.2 Å². The summed E-state index contributed by atoms with van der Waals surface area (Å²) in [5.41, 5.74) is 11.2. The van der Waals surface area contributed by atoms with Gasteiger partial charge in [0.2, 0.25) is 0 Å². The van der Waals surface area contributed by atoms with Crippen LogP contribution in [-0.4, -0.2) is 16.7 Å². The largest absolute Gasteiger partial charge is 0.496 e. The van der Waals surface area contributed by atoms with E-state index in [2.05, 4.69) is 31.0 Å². The maximum Gasteiger partial charge on any atom is 0.128 e. The highest BCUT2D eigenvalue weighted by atomic mass is 16.5. The molecule has 19 heavy (non-hydrogen) atoms. The van der Waals surface area contributed by atoms with Crippen LogP contribution in [0.5, 0.6) is 5.75 Å². The van der Waals surface area contributed by atoms with Crippen molar-refractivity contribution in [2.45, 2.75) is 27.3 Å². The fraction of sp³-hybridized carbons (Fsp3) is 0.400. The number of hydrogen-bond acceptors (Lipinski definition) is 3. The number of rotatable bonds is 3. The molecule has 0 amide bonds. The Morgan fingerprint density at radius 3 is 2.42 bits per heavy atom. The molecule has 0 atom stereocenters. The number of nitrogens with two attached hydrogens (primary N) is 1. The molecule has 2 rings (SSSR count). The van der Waals surface area contributed by atoms with Gasteiger partial charge in [0.25, 0.3) is 0 Å². The quantitative estimate of drug-likeness (QED) is 0.921. The Morgan fingerprint density at radius 2 is 1.84 bits per heavy atom. The Labute approximate surface area is 114 Å². The third-order valence-corrected chi connectivity index (χ3v) is 3.70. The molecule has 0 radical (unpaired) electrons. The van der Waals surface area contributed by atoms with Gasteiger partial charge < -0.3 is 15.0 Å². The molecule has 0 bridgehead atoms. The first kappa shape index (κ1) is 13.6. The number of aryl methyl sites for hydroxylation is 3. The Hall–Kier alpha value is -1.81. The van der Waals surface area contributed by atoms with E-state index in [1.54, 1.807) is 7.11 Å². The van der Waals surface area contributed by atoms with Gasteiger partial charge in [-0.3, -0.25) is 0 Å². The van der Waals surface area contributed by atoms with E-state index in [9.17, 15) is 0 Å². The topological polar surface area (TPSA) is 53.1 Å². The maximum atomic E-state index is 5.86. The summed E-state index contributed by atoms with van der Waals surface area (Å²) in [6.45, 7) is 6.62. The minimum absolute atomic E-state index is 0.461. The van der Waals surface area contributed by atoms with Crippen LogP contribution in [0.3, 0.4) is 0 Å². The smallest absolute Gasteiger partial charge is 0.128 e. The normalized spacial score (nSPS) is 10.8. The molecule has 4 nitrogen and oxygen atoms in total. The Kier molecular flexibility index (Phi) is 3.62. The van der Waals surface area contributed by atoms with Gasteiger partial charge in [0.15, 0.2) is 0 Å². The minimum atomic E-state index is 0.461. The molecule has 4 heteroatoms. The monoisotopic (exact) mass is 259 g/mol. The van der Waals surface area contributed by atoms with Gasteiger partial charge in [-0.1, -0.05) is 0 Å². The van der Waals surface area contributed by atoms with Crippen molar-refractivity contribution in [3.63, 3.8) is 0 Å². The lowest BCUT2D eigenvalue weighted by Gasteiger charge is -2.12. The third-order valence-electron chi connectivity index (χ3n) is 3.70. The SMILES string of the molecule is COc1cc(C)c(C)cc1-c1nc(C)n(C)c1CN. The fourth-order valence-corrected chi connectivity index (χ4v) is 2.25. The lowest BCUT2D eigenvalue weighted by Crippen LogP contribution is -2.06. The van der Waals surface area contributed by atoms with E-state index in [1.807, 2.05) is 18.5 Å². The molecule has 2 N–H and O–H groups in total. The molecule has 0 spiro atoms. The first-order valence-electron chi connectivity index (χ1n) is 6.37. The molecule has 0 unspecified atom stereocenters. The number of imidazole rings is 1. The second-order valence-corrected chi connectivity index (χ2v) is 4.85. The highest BCUT2D eigenvalue weighted by Crippen LogP contribution is 2.34. The maximum absolute atomic E-state index is 5.86. The second-order valence-electron chi connectivity index (χ2n) is 4.85. The van der Waals surface area contributed by atoms with Crippen molar-refractivity contribution in [2.24, 2.45) is 12.8 Å². The van der Waals surface area contributed by atoms with E-state index in [1.165, 1.54) is 11.1 Å². The molecule has 1 heterocycles. The number of nitrogens with zero attached hydrogens (tertiary/aromatic N) is 2. The molecule has 2 aromatic rings. The molecule has 0 aliphatic heterocycles. The van der Waals surface area contributed by atoms with Crippen LogP contribution in [0.2, 0.25) is 0 Å². The summed E-state index contributed by atoms with van der Waals surface area (Å²) in [6, 6.07) is 4.17. The van der Waals surface area contributed by atoms with Crippen molar-refractivity contribution in [3.05, 3.63) is 34.8 Å². The number of ether oxygens (including phenoxy) is 1. The van der Waals surface area contributed by atoms with Crippen LogP contribution < -0.4 is 10.5 Å². The van der Waals surface area contributed by atoms with Gasteiger partial charge in [-0.15, -0.1) is 0 Å². The Bertz CT molecular complexity index is 614. The number of aromatic nitrogens is 2. The zero-order valence-electron chi connectivity index (χ0n) is 12.2. The highest BCUT2D eigenvalue weighted by Gasteiger charge is 2.17. The van der Waals surface area contributed by atoms with Gasteiger partial charge in [-0.05, 0) is 44.0 Å². The van der Waals surface area contributed by atoms with E-state index in [0.717, 1.165) is 28.5 Å². The standard InChI is InChI=1S/C15H21N3O/c1-9-6-12(14(19-5)7-10(9)2)15-13(8-16)18(4)11(3)17-15/h6-7H,8,16H2,1-5H3. The van der Waals surface area contributed by atoms with Gasteiger partial charge in [-0.2, -0.15) is 0 Å². The number of methoxy groups -OCH3 is 1. The molecule has 1 aromatic carbocycles. The molecule has 0 saturated heterocycles. The fourth-order valence-electron chi connectivity index (χ4n) is 2.25. The predicted molar refractivity (Wildman–Crippen MR) is 77.3 cm³/mol. The predicted octanol–water partition coefficient (Wildman–Crippen LogP) is 2.48. The van der Waals surface area contributed by atoms with Crippen LogP contribution in [-0.2, 0) is 13.6 Å². The average molecular weight is 259 g/mol. The van der Waals surface area contributed by atoms with E-state index in [4.69, 9.17) is 10.5 Å². The molecular weight excluding hydrogens is 238 g/mol. The van der Waals surface area contributed by atoms with Crippen molar-refractivity contribution in [3.8, 4) is 17.0 Å². The molecule has 0 aliphatic carbocycles. The molecule has 0 aliphatic rings. The molecule has 0 saturated carbocycles. The summed E-state index contributed by atoms with van der Waals surface area (Å²) in [6.07, 6.45) is 0. The van der Waals surface area contributed by atoms with E-state index in [-0.39, 0.29) is 0 Å². The van der Waals surface area contributed by atoms with Crippen molar-refractivity contribution >= 4 is 0 Å². The van der Waals surface area contributed by atoms with Crippen molar-refractivity contribution in [1.29, 1.82) is 0 Å². The highest BCUT2D eigenvalue weighted by molar-refractivity contribution is 5.71. The van der Waals surface area contributed by atoms with E-state index < -0.39 is 0 Å². The lowest BCUT2D eigenvalue weighted by atomic mass is 10.0. The number of hydrogen-bond donors (Lipinski definition) is 1. The second kappa shape index (κ2) is 5.05. The van der Waals surface area contributed by atoms with Crippen LogP contribution >= 0.6 is 0 Å². The zero-order chi connectivity index (χ0) is 14.2. The summed E-state index contributed by atoms with van der Waals surface area (Å²) < 4.78 is 7.53. The Balaban J connectivity index is 2.71. The van der Waals surface area contributed by atoms with Gasteiger partial charge in [0.1, 0.15) is 11.6 Å². The van der Waals surface area contributed by atoms with E-state index in [0.29, 0.717) is 6.54 Å². The van der Waals surface area contributed by atoms with Crippen LogP contribution in [0.15, 0.2) is 12.1 Å². The summed E-state index contributed by atoms with van der Waals surface area (Å²) in [5.74, 6) is 1.80.